The van der Waals surface area contributed by atoms with Crippen LogP contribution < -0.4 is 10.1 Å². The number of anilines is 1. The molecular formula is C18H23ClN2O3. The van der Waals surface area contributed by atoms with E-state index in [9.17, 15) is 9.59 Å². The van der Waals surface area contributed by atoms with Crippen molar-refractivity contribution in [2.24, 2.45) is 5.92 Å². The molecule has 1 aliphatic carbocycles. The molecule has 2 fully saturated rings. The second-order valence-corrected chi connectivity index (χ2v) is 7.01. The average molecular weight is 351 g/mol. The molecule has 5 nitrogen and oxygen atoms in total. The Labute approximate surface area is 147 Å². The highest BCUT2D eigenvalue weighted by molar-refractivity contribution is 6.31. The Morgan fingerprint density at radius 2 is 2.04 bits per heavy atom. The number of nitrogens with zero attached hydrogens (tertiary/aromatic N) is 1. The van der Waals surface area contributed by atoms with Gasteiger partial charge in [0.2, 0.25) is 11.8 Å². The van der Waals surface area contributed by atoms with Gasteiger partial charge in [-0.25, -0.2) is 0 Å². The van der Waals surface area contributed by atoms with Gasteiger partial charge in [-0.2, -0.15) is 0 Å². The fraction of sp³-hybridized carbons (Fsp3) is 0.556. The fourth-order valence-corrected chi connectivity index (χ4v) is 3.84. The summed E-state index contributed by atoms with van der Waals surface area (Å²) >= 11 is 6.00. The Balaban J connectivity index is 1.66. The summed E-state index contributed by atoms with van der Waals surface area (Å²) in [5.74, 6) is 0.187. The molecule has 1 saturated heterocycles. The van der Waals surface area contributed by atoms with Crippen LogP contribution in [0.5, 0.6) is 5.75 Å². The first-order valence-electron chi connectivity index (χ1n) is 8.52. The Morgan fingerprint density at radius 3 is 2.75 bits per heavy atom. The summed E-state index contributed by atoms with van der Waals surface area (Å²) in [5.41, 5.74) is 0.540. The number of amides is 2. The van der Waals surface area contributed by atoms with Gasteiger partial charge in [0.1, 0.15) is 5.75 Å². The van der Waals surface area contributed by atoms with Crippen LogP contribution in [0.3, 0.4) is 0 Å². The summed E-state index contributed by atoms with van der Waals surface area (Å²) < 4.78 is 5.25. The van der Waals surface area contributed by atoms with Crippen LogP contribution in [0.15, 0.2) is 18.2 Å². The Hall–Kier alpha value is -1.75. The van der Waals surface area contributed by atoms with Crippen molar-refractivity contribution in [1.29, 1.82) is 0 Å². The maximum atomic E-state index is 12.6. The topological polar surface area (TPSA) is 58.6 Å². The Kier molecular flexibility index (Phi) is 5.29. The first kappa shape index (κ1) is 17.1. The van der Waals surface area contributed by atoms with E-state index in [-0.39, 0.29) is 24.2 Å². The molecular weight excluding hydrogens is 328 g/mol. The lowest BCUT2D eigenvalue weighted by Gasteiger charge is -2.31. The van der Waals surface area contributed by atoms with E-state index in [4.69, 9.17) is 16.3 Å². The van der Waals surface area contributed by atoms with Gasteiger partial charge in [0.05, 0.1) is 18.7 Å². The second kappa shape index (κ2) is 7.43. The number of benzene rings is 1. The molecule has 0 bridgehead atoms. The SMILES string of the molecule is COc1ccc(Cl)cc1NC(=O)[C@H]1CC(=O)N(C2CCCCC2)C1. The van der Waals surface area contributed by atoms with Gasteiger partial charge in [0.15, 0.2) is 0 Å². The molecule has 0 aromatic heterocycles. The molecule has 1 aliphatic heterocycles. The molecule has 1 saturated carbocycles. The number of halogens is 1. The van der Waals surface area contributed by atoms with E-state index in [0.29, 0.717) is 29.0 Å². The van der Waals surface area contributed by atoms with Gasteiger partial charge >= 0.3 is 0 Å². The third-order valence-electron chi connectivity index (χ3n) is 4.96. The van der Waals surface area contributed by atoms with Gasteiger partial charge in [-0.1, -0.05) is 30.9 Å². The normalized spacial score (nSPS) is 21.8. The summed E-state index contributed by atoms with van der Waals surface area (Å²) in [6.45, 7) is 0.512. The maximum absolute atomic E-state index is 12.6. The number of rotatable bonds is 4. The van der Waals surface area contributed by atoms with E-state index in [1.54, 1.807) is 25.3 Å². The number of nitrogens with one attached hydrogen (secondary N) is 1. The van der Waals surface area contributed by atoms with Crippen LogP contribution in [0.25, 0.3) is 0 Å². The highest BCUT2D eigenvalue weighted by atomic mass is 35.5. The number of hydrogen-bond acceptors (Lipinski definition) is 3. The summed E-state index contributed by atoms with van der Waals surface area (Å²) in [6, 6.07) is 5.39. The highest BCUT2D eigenvalue weighted by Gasteiger charge is 2.38. The average Bonchev–Trinajstić information content (AvgIpc) is 2.98. The van der Waals surface area contributed by atoms with Crippen molar-refractivity contribution in [1.82, 2.24) is 4.90 Å². The molecule has 0 spiro atoms. The predicted octanol–water partition coefficient (Wildman–Crippen LogP) is 3.47. The van der Waals surface area contributed by atoms with E-state index in [0.717, 1.165) is 12.8 Å². The van der Waals surface area contributed by atoms with E-state index in [1.807, 2.05) is 4.90 Å². The molecule has 1 N–H and O–H groups in total. The number of carbonyl (C=O) groups excluding carboxylic acids is 2. The first-order chi connectivity index (χ1) is 11.6. The minimum atomic E-state index is -0.317. The lowest BCUT2D eigenvalue weighted by Crippen LogP contribution is -2.38. The van der Waals surface area contributed by atoms with Crippen molar-refractivity contribution in [3.63, 3.8) is 0 Å². The van der Waals surface area contributed by atoms with Crippen LogP contribution in [0.1, 0.15) is 38.5 Å². The molecule has 3 rings (SSSR count). The third-order valence-corrected chi connectivity index (χ3v) is 5.20. The first-order valence-corrected chi connectivity index (χ1v) is 8.90. The quantitative estimate of drug-likeness (QED) is 0.904. The lowest BCUT2D eigenvalue weighted by atomic mass is 9.94. The van der Waals surface area contributed by atoms with Crippen LogP contribution in [0, 0.1) is 5.92 Å². The third kappa shape index (κ3) is 3.66. The largest absolute Gasteiger partial charge is 0.495 e. The zero-order valence-corrected chi connectivity index (χ0v) is 14.6. The lowest BCUT2D eigenvalue weighted by molar-refractivity contribution is -0.130. The van der Waals surface area contributed by atoms with Crippen molar-refractivity contribution in [3.8, 4) is 5.75 Å². The summed E-state index contributed by atoms with van der Waals surface area (Å²) in [5, 5.41) is 3.39. The monoisotopic (exact) mass is 350 g/mol. The van der Waals surface area contributed by atoms with Crippen molar-refractivity contribution < 1.29 is 14.3 Å². The number of carbonyl (C=O) groups is 2. The van der Waals surface area contributed by atoms with Gasteiger partial charge in [0.25, 0.3) is 0 Å². The maximum Gasteiger partial charge on any atom is 0.229 e. The van der Waals surface area contributed by atoms with E-state index in [2.05, 4.69) is 5.32 Å². The Bertz CT molecular complexity index is 629. The number of methoxy groups -OCH3 is 1. The summed E-state index contributed by atoms with van der Waals surface area (Å²) in [6.07, 6.45) is 5.99. The van der Waals surface area contributed by atoms with E-state index >= 15 is 0 Å². The van der Waals surface area contributed by atoms with Crippen LogP contribution in [-0.4, -0.2) is 36.4 Å². The fourth-order valence-electron chi connectivity index (χ4n) is 3.67. The van der Waals surface area contributed by atoms with E-state index < -0.39 is 0 Å². The minimum Gasteiger partial charge on any atom is -0.495 e. The Morgan fingerprint density at radius 1 is 1.29 bits per heavy atom. The zero-order valence-electron chi connectivity index (χ0n) is 13.9. The van der Waals surface area contributed by atoms with Crippen LogP contribution in [-0.2, 0) is 9.59 Å². The molecule has 0 unspecified atom stereocenters. The van der Waals surface area contributed by atoms with Crippen LogP contribution >= 0.6 is 11.6 Å². The highest BCUT2D eigenvalue weighted by Crippen LogP contribution is 2.31. The predicted molar refractivity (Wildman–Crippen MR) is 93.3 cm³/mol. The number of likely N-dealkylation sites (tertiary alicyclic amines) is 1. The molecule has 2 aliphatic rings. The zero-order chi connectivity index (χ0) is 17.1. The van der Waals surface area contributed by atoms with Crippen LogP contribution in [0.4, 0.5) is 5.69 Å². The number of hydrogen-bond donors (Lipinski definition) is 1. The minimum absolute atomic E-state index is 0.0973. The molecule has 1 aromatic carbocycles. The molecule has 130 valence electrons. The number of ether oxygens (including phenoxy) is 1. The smallest absolute Gasteiger partial charge is 0.229 e. The standard InChI is InChI=1S/C18H23ClN2O3/c1-24-16-8-7-13(19)10-15(16)20-18(23)12-9-17(22)21(11-12)14-5-3-2-4-6-14/h7-8,10,12,14H,2-6,9,11H2,1H3,(H,20,23)/t12-/m0/s1. The van der Waals surface area contributed by atoms with Crippen LogP contribution in [0.2, 0.25) is 5.02 Å². The van der Waals surface area contributed by atoms with Gasteiger partial charge in [0, 0.05) is 24.0 Å². The molecule has 24 heavy (non-hydrogen) atoms. The molecule has 1 aromatic rings. The van der Waals surface area contributed by atoms with Crippen molar-refractivity contribution in [3.05, 3.63) is 23.2 Å². The van der Waals surface area contributed by atoms with Gasteiger partial charge in [-0.3, -0.25) is 9.59 Å². The van der Waals surface area contributed by atoms with Crippen molar-refractivity contribution in [2.75, 3.05) is 19.0 Å². The molecule has 2 amide bonds. The van der Waals surface area contributed by atoms with Gasteiger partial charge in [-0.05, 0) is 31.0 Å². The van der Waals surface area contributed by atoms with Crippen molar-refractivity contribution in [2.45, 2.75) is 44.6 Å². The van der Waals surface area contributed by atoms with E-state index in [1.165, 1.54) is 19.3 Å². The molecule has 0 radical (unpaired) electrons. The summed E-state index contributed by atoms with van der Waals surface area (Å²) in [7, 11) is 1.54. The van der Waals surface area contributed by atoms with Crippen molar-refractivity contribution >= 4 is 29.1 Å². The van der Waals surface area contributed by atoms with Gasteiger partial charge in [-0.15, -0.1) is 0 Å². The summed E-state index contributed by atoms with van der Waals surface area (Å²) in [4.78, 5) is 26.8. The molecule has 6 heteroatoms. The molecule has 1 atom stereocenters. The molecule has 1 heterocycles. The van der Waals surface area contributed by atoms with Gasteiger partial charge < -0.3 is 15.0 Å². The second-order valence-electron chi connectivity index (χ2n) is 6.57.